The third-order valence-electron chi connectivity index (χ3n) is 5.28. The Morgan fingerprint density at radius 3 is 2.71 bits per heavy atom. The van der Waals surface area contributed by atoms with Crippen molar-refractivity contribution in [1.29, 1.82) is 0 Å². The van der Waals surface area contributed by atoms with Gasteiger partial charge in [0.05, 0.1) is 0 Å². The minimum Gasteiger partial charge on any atom is -0.480 e. The molecule has 0 bridgehead atoms. The summed E-state index contributed by atoms with van der Waals surface area (Å²) in [5, 5.41) is 9.44. The summed E-state index contributed by atoms with van der Waals surface area (Å²) in [6.07, 6.45) is 4.42. The van der Waals surface area contributed by atoms with Crippen molar-refractivity contribution in [1.82, 2.24) is 4.90 Å². The van der Waals surface area contributed by atoms with Crippen LogP contribution in [0.4, 0.5) is 8.78 Å². The molecule has 1 saturated carbocycles. The molecule has 6 heteroatoms. The second kappa shape index (κ2) is 6.87. The minimum atomic E-state index is -0.977. The van der Waals surface area contributed by atoms with E-state index in [-0.39, 0.29) is 36.3 Å². The lowest BCUT2D eigenvalue weighted by molar-refractivity contribution is -0.149. The van der Waals surface area contributed by atoms with Crippen molar-refractivity contribution in [3.8, 4) is 0 Å². The molecule has 1 aromatic rings. The minimum absolute atomic E-state index is 0.00657. The molecule has 24 heavy (non-hydrogen) atoms. The third kappa shape index (κ3) is 3.28. The first-order valence-corrected chi connectivity index (χ1v) is 8.45. The normalized spacial score (nSPS) is 26.2. The third-order valence-corrected chi connectivity index (χ3v) is 5.28. The number of benzene rings is 1. The van der Waals surface area contributed by atoms with Crippen LogP contribution in [0.3, 0.4) is 0 Å². The summed E-state index contributed by atoms with van der Waals surface area (Å²) in [5.41, 5.74) is 0.148. The first-order chi connectivity index (χ1) is 11.5. The number of hydrogen-bond donors (Lipinski definition) is 1. The summed E-state index contributed by atoms with van der Waals surface area (Å²) in [6.45, 7) is 0. The van der Waals surface area contributed by atoms with Gasteiger partial charge in [0.2, 0.25) is 5.91 Å². The Hall–Kier alpha value is -1.98. The molecule has 2 fully saturated rings. The van der Waals surface area contributed by atoms with E-state index in [1.165, 1.54) is 4.90 Å². The van der Waals surface area contributed by atoms with Gasteiger partial charge in [0.1, 0.15) is 17.7 Å². The molecule has 1 saturated heterocycles. The fourth-order valence-electron chi connectivity index (χ4n) is 4.14. The molecule has 130 valence electrons. The standard InChI is InChI=1S/C18H21F2NO3/c19-13-6-7-14(20)11(9-13)5-8-17(22)21-15-4-2-1-3-12(15)10-16(21)18(23)24/h6-7,9,12,15-16H,1-5,8,10H2,(H,23,24). The molecule has 1 heterocycles. The molecule has 0 aromatic heterocycles. The van der Waals surface area contributed by atoms with Crippen molar-refractivity contribution in [3.05, 3.63) is 35.4 Å². The Morgan fingerprint density at radius 2 is 1.96 bits per heavy atom. The number of aryl methyl sites for hydroxylation is 1. The number of fused-ring (bicyclic) bond motifs is 1. The molecular weight excluding hydrogens is 316 g/mol. The molecule has 0 radical (unpaired) electrons. The number of carbonyl (C=O) groups excluding carboxylic acids is 1. The summed E-state index contributed by atoms with van der Waals surface area (Å²) in [7, 11) is 0. The van der Waals surface area contributed by atoms with Crippen molar-refractivity contribution in [2.24, 2.45) is 5.92 Å². The van der Waals surface area contributed by atoms with Gasteiger partial charge in [0.25, 0.3) is 0 Å². The molecule has 0 spiro atoms. The molecule has 1 aromatic carbocycles. The van der Waals surface area contributed by atoms with Crippen LogP contribution in [-0.2, 0) is 16.0 Å². The number of hydrogen-bond acceptors (Lipinski definition) is 2. The van der Waals surface area contributed by atoms with Crippen LogP contribution in [0.15, 0.2) is 18.2 Å². The Labute approximate surface area is 139 Å². The van der Waals surface area contributed by atoms with E-state index >= 15 is 0 Å². The maximum atomic E-state index is 13.7. The number of carbonyl (C=O) groups is 2. The Morgan fingerprint density at radius 1 is 1.21 bits per heavy atom. The van der Waals surface area contributed by atoms with Gasteiger partial charge in [-0.05, 0) is 55.4 Å². The first-order valence-electron chi connectivity index (χ1n) is 8.45. The van der Waals surface area contributed by atoms with Gasteiger partial charge < -0.3 is 10.0 Å². The van der Waals surface area contributed by atoms with Crippen LogP contribution in [0.1, 0.15) is 44.1 Å². The van der Waals surface area contributed by atoms with Gasteiger partial charge in [0, 0.05) is 12.5 Å². The average Bonchev–Trinajstić information content (AvgIpc) is 2.95. The van der Waals surface area contributed by atoms with Gasteiger partial charge in [-0.2, -0.15) is 0 Å². The van der Waals surface area contributed by atoms with Gasteiger partial charge >= 0.3 is 5.97 Å². The lowest BCUT2D eigenvalue weighted by Crippen LogP contribution is -2.46. The maximum absolute atomic E-state index is 13.7. The number of carboxylic acid groups (broad SMARTS) is 1. The quantitative estimate of drug-likeness (QED) is 0.918. The summed E-state index contributed by atoms with van der Waals surface area (Å²) in [6, 6.07) is 2.36. The van der Waals surface area contributed by atoms with Crippen LogP contribution in [0.25, 0.3) is 0 Å². The van der Waals surface area contributed by atoms with E-state index in [0.717, 1.165) is 43.9 Å². The second-order valence-corrected chi connectivity index (χ2v) is 6.74. The van der Waals surface area contributed by atoms with Crippen molar-refractivity contribution in [2.75, 3.05) is 0 Å². The number of nitrogens with zero attached hydrogens (tertiary/aromatic N) is 1. The summed E-state index contributed by atoms with van der Waals surface area (Å²) >= 11 is 0. The van der Waals surface area contributed by atoms with Crippen LogP contribution in [0.2, 0.25) is 0 Å². The monoisotopic (exact) mass is 337 g/mol. The van der Waals surface area contributed by atoms with Crippen LogP contribution in [-0.4, -0.2) is 34.0 Å². The lowest BCUT2D eigenvalue weighted by Gasteiger charge is -2.33. The van der Waals surface area contributed by atoms with Gasteiger partial charge in [0.15, 0.2) is 0 Å². The topological polar surface area (TPSA) is 57.6 Å². The molecule has 1 N–H and O–H groups in total. The van der Waals surface area contributed by atoms with Crippen LogP contribution >= 0.6 is 0 Å². The highest BCUT2D eigenvalue weighted by Crippen LogP contribution is 2.40. The number of carboxylic acids is 1. The summed E-state index contributed by atoms with van der Waals surface area (Å²) < 4.78 is 26.9. The SMILES string of the molecule is O=C(O)C1CC2CCCCC2N1C(=O)CCc1cc(F)ccc1F. The molecule has 1 amide bonds. The van der Waals surface area contributed by atoms with E-state index in [2.05, 4.69) is 0 Å². The van der Waals surface area contributed by atoms with Crippen molar-refractivity contribution >= 4 is 11.9 Å². The lowest BCUT2D eigenvalue weighted by atomic mass is 9.84. The van der Waals surface area contributed by atoms with Crippen molar-refractivity contribution in [2.45, 2.75) is 57.0 Å². The number of aliphatic carboxylic acids is 1. The van der Waals surface area contributed by atoms with E-state index in [9.17, 15) is 23.5 Å². The number of likely N-dealkylation sites (tertiary alicyclic amines) is 1. The smallest absolute Gasteiger partial charge is 0.326 e. The summed E-state index contributed by atoms with van der Waals surface area (Å²) in [5.74, 6) is -2.10. The zero-order chi connectivity index (χ0) is 17.3. The highest BCUT2D eigenvalue weighted by Gasteiger charge is 2.47. The van der Waals surface area contributed by atoms with E-state index in [0.29, 0.717) is 6.42 Å². The van der Waals surface area contributed by atoms with Gasteiger partial charge in [-0.1, -0.05) is 12.8 Å². The van der Waals surface area contributed by atoms with E-state index in [1.54, 1.807) is 0 Å². The van der Waals surface area contributed by atoms with Crippen LogP contribution < -0.4 is 0 Å². The van der Waals surface area contributed by atoms with Gasteiger partial charge in [-0.3, -0.25) is 4.79 Å². The van der Waals surface area contributed by atoms with Gasteiger partial charge in [-0.25, -0.2) is 13.6 Å². The molecule has 3 rings (SSSR count). The highest BCUT2D eigenvalue weighted by molar-refractivity contribution is 5.85. The van der Waals surface area contributed by atoms with E-state index in [1.807, 2.05) is 0 Å². The largest absolute Gasteiger partial charge is 0.480 e. The average molecular weight is 337 g/mol. The number of rotatable bonds is 4. The van der Waals surface area contributed by atoms with Crippen molar-refractivity contribution < 1.29 is 23.5 Å². The number of amides is 1. The molecular formula is C18H21F2NO3. The Balaban J connectivity index is 1.72. The Kier molecular flexibility index (Phi) is 4.83. The molecule has 1 aliphatic carbocycles. The van der Waals surface area contributed by atoms with E-state index < -0.39 is 23.6 Å². The fraction of sp³-hybridized carbons (Fsp3) is 0.556. The molecule has 3 atom stereocenters. The number of halogens is 2. The van der Waals surface area contributed by atoms with Crippen molar-refractivity contribution in [3.63, 3.8) is 0 Å². The summed E-state index contributed by atoms with van der Waals surface area (Å²) in [4.78, 5) is 25.7. The Bertz CT molecular complexity index is 649. The molecule has 4 nitrogen and oxygen atoms in total. The maximum Gasteiger partial charge on any atom is 0.326 e. The van der Waals surface area contributed by atoms with Gasteiger partial charge in [-0.15, -0.1) is 0 Å². The highest BCUT2D eigenvalue weighted by atomic mass is 19.1. The van der Waals surface area contributed by atoms with Crippen LogP contribution in [0.5, 0.6) is 0 Å². The van der Waals surface area contributed by atoms with E-state index in [4.69, 9.17) is 0 Å². The predicted molar refractivity (Wildman–Crippen MR) is 83.3 cm³/mol. The molecule has 2 aliphatic rings. The second-order valence-electron chi connectivity index (χ2n) is 6.74. The zero-order valence-corrected chi connectivity index (χ0v) is 13.4. The predicted octanol–water partition coefficient (Wildman–Crippen LogP) is 3.14. The fourth-order valence-corrected chi connectivity index (χ4v) is 4.14. The zero-order valence-electron chi connectivity index (χ0n) is 13.4. The molecule has 1 aliphatic heterocycles. The van der Waals surface area contributed by atoms with Crippen LogP contribution in [0, 0.1) is 17.6 Å². The first kappa shape index (κ1) is 16.9. The molecule has 3 unspecified atom stereocenters.